The van der Waals surface area contributed by atoms with Crippen molar-refractivity contribution in [2.24, 2.45) is 0 Å². The van der Waals surface area contributed by atoms with Crippen molar-refractivity contribution in [1.82, 2.24) is 0 Å². The number of amides is 1. The first-order valence-electron chi connectivity index (χ1n) is 9.98. The van der Waals surface area contributed by atoms with Crippen LogP contribution in [0.2, 0.25) is 0 Å². The van der Waals surface area contributed by atoms with Crippen molar-refractivity contribution in [3.8, 4) is 22.6 Å². The fraction of sp³-hybridized carbons (Fsp3) is 0.292. The number of unbranched alkanes of at least 4 members (excludes halogenated alkanes) is 1. The normalized spacial score (nSPS) is 15.5. The number of carbonyl (C=O) groups is 1. The number of anilines is 1. The van der Waals surface area contributed by atoms with Gasteiger partial charge in [0.1, 0.15) is 11.5 Å². The summed E-state index contributed by atoms with van der Waals surface area (Å²) in [5.74, 6) is 1.75. The second kappa shape index (κ2) is 8.70. The summed E-state index contributed by atoms with van der Waals surface area (Å²) in [5.41, 5.74) is 4.12. The number of para-hydroxylation sites is 1. The average Bonchev–Trinajstić information content (AvgIpc) is 3.17. The average molecular weight is 408 g/mol. The number of rotatable bonds is 7. The highest BCUT2D eigenvalue weighted by Crippen LogP contribution is 2.48. The van der Waals surface area contributed by atoms with E-state index in [-0.39, 0.29) is 11.8 Å². The third-order valence-corrected chi connectivity index (χ3v) is 6.34. The van der Waals surface area contributed by atoms with Gasteiger partial charge in [0.25, 0.3) is 0 Å². The van der Waals surface area contributed by atoms with E-state index in [0.29, 0.717) is 13.0 Å². The van der Waals surface area contributed by atoms with Crippen LogP contribution in [0.25, 0.3) is 11.1 Å². The molecule has 150 valence electrons. The molecule has 1 unspecified atom stereocenters. The summed E-state index contributed by atoms with van der Waals surface area (Å²) in [6, 6.07) is 16.0. The van der Waals surface area contributed by atoms with E-state index in [0.717, 1.165) is 46.7 Å². The molecule has 4 rings (SSSR count). The first-order chi connectivity index (χ1) is 14.2. The molecule has 4 nitrogen and oxygen atoms in total. The highest BCUT2D eigenvalue weighted by atomic mass is 32.1. The molecule has 0 bridgehead atoms. The van der Waals surface area contributed by atoms with Crippen LogP contribution < -0.4 is 14.8 Å². The lowest BCUT2D eigenvalue weighted by molar-refractivity contribution is -0.116. The maximum atomic E-state index is 12.6. The predicted molar refractivity (Wildman–Crippen MR) is 118 cm³/mol. The Morgan fingerprint density at radius 1 is 1.14 bits per heavy atom. The minimum absolute atomic E-state index is 0.00794. The monoisotopic (exact) mass is 407 g/mol. The van der Waals surface area contributed by atoms with Gasteiger partial charge in [0.05, 0.1) is 19.4 Å². The van der Waals surface area contributed by atoms with Crippen LogP contribution in [-0.4, -0.2) is 19.6 Å². The minimum Gasteiger partial charge on any atom is -0.497 e. The molecule has 0 saturated heterocycles. The third kappa shape index (κ3) is 4.01. The van der Waals surface area contributed by atoms with E-state index in [1.165, 1.54) is 4.88 Å². The maximum absolute atomic E-state index is 12.6. The number of fused-ring (bicyclic) bond motifs is 1. The smallest absolute Gasteiger partial charge is 0.225 e. The molecule has 1 aliphatic heterocycles. The highest BCUT2D eigenvalue weighted by molar-refractivity contribution is 7.11. The van der Waals surface area contributed by atoms with E-state index in [2.05, 4.69) is 23.7 Å². The van der Waals surface area contributed by atoms with Crippen LogP contribution in [0, 0.1) is 0 Å². The molecule has 0 spiro atoms. The summed E-state index contributed by atoms with van der Waals surface area (Å²) in [5, 5.41) is 5.24. The van der Waals surface area contributed by atoms with Gasteiger partial charge in [0.2, 0.25) is 5.91 Å². The lowest BCUT2D eigenvalue weighted by atomic mass is 9.88. The van der Waals surface area contributed by atoms with Gasteiger partial charge >= 0.3 is 0 Å². The topological polar surface area (TPSA) is 47.6 Å². The van der Waals surface area contributed by atoms with E-state index >= 15 is 0 Å². The van der Waals surface area contributed by atoms with Crippen molar-refractivity contribution in [3.63, 3.8) is 0 Å². The van der Waals surface area contributed by atoms with Gasteiger partial charge in [-0.3, -0.25) is 4.79 Å². The van der Waals surface area contributed by atoms with Gasteiger partial charge in [-0.2, -0.15) is 0 Å². The van der Waals surface area contributed by atoms with Gasteiger partial charge in [0, 0.05) is 33.7 Å². The number of hydrogen-bond donors (Lipinski definition) is 1. The summed E-state index contributed by atoms with van der Waals surface area (Å²) >= 11 is 1.70. The molecule has 1 N–H and O–H groups in total. The predicted octanol–water partition coefficient (Wildman–Crippen LogP) is 6.08. The zero-order valence-electron chi connectivity index (χ0n) is 16.7. The fourth-order valence-corrected chi connectivity index (χ4v) is 4.84. The Balaban J connectivity index is 1.71. The van der Waals surface area contributed by atoms with Crippen LogP contribution in [0.5, 0.6) is 11.5 Å². The number of carbonyl (C=O) groups excluding carboxylic acids is 1. The first-order valence-corrected chi connectivity index (χ1v) is 10.9. The first kappa shape index (κ1) is 19.5. The van der Waals surface area contributed by atoms with Crippen molar-refractivity contribution in [1.29, 1.82) is 0 Å². The second-order valence-corrected chi connectivity index (χ2v) is 8.07. The molecule has 0 fully saturated rings. The van der Waals surface area contributed by atoms with Gasteiger partial charge in [-0.15, -0.1) is 11.3 Å². The molecule has 0 saturated carbocycles. The van der Waals surface area contributed by atoms with Crippen molar-refractivity contribution in [2.75, 3.05) is 19.0 Å². The molecule has 1 aromatic heterocycles. The minimum atomic E-state index is 0.00794. The molecular formula is C24H25NO3S. The zero-order valence-corrected chi connectivity index (χ0v) is 17.6. The van der Waals surface area contributed by atoms with E-state index in [1.807, 2.05) is 42.5 Å². The Morgan fingerprint density at radius 3 is 2.69 bits per heavy atom. The Hall–Kier alpha value is -2.79. The van der Waals surface area contributed by atoms with Crippen molar-refractivity contribution in [3.05, 3.63) is 64.4 Å². The number of nitrogens with one attached hydrogen (secondary N) is 1. The lowest BCUT2D eigenvalue weighted by Crippen LogP contribution is -2.22. The molecule has 2 heterocycles. The van der Waals surface area contributed by atoms with Crippen LogP contribution in [0.15, 0.2) is 53.9 Å². The Labute approximate surface area is 175 Å². The standard InChI is InChI=1S/C24H25NO3S/c1-3-4-13-28-21-8-6-5-7-18(21)19-14-22(26)25-23-20(15-29-24(19)23)16-9-11-17(27-2)12-10-16/h5-12,15,19H,3-4,13-14H2,1-2H3,(H,25,26). The number of thiophene rings is 1. The molecule has 29 heavy (non-hydrogen) atoms. The SMILES string of the molecule is CCCCOc1ccccc1C1CC(=O)Nc2c(-c3ccc(OC)cc3)csc21. The molecule has 1 aliphatic rings. The zero-order chi connectivity index (χ0) is 20.2. The van der Waals surface area contributed by atoms with Gasteiger partial charge in [0.15, 0.2) is 0 Å². The quantitative estimate of drug-likeness (QED) is 0.483. The van der Waals surface area contributed by atoms with E-state index in [9.17, 15) is 4.79 Å². The van der Waals surface area contributed by atoms with Crippen LogP contribution in [0.4, 0.5) is 5.69 Å². The van der Waals surface area contributed by atoms with Gasteiger partial charge in [-0.1, -0.05) is 43.7 Å². The van der Waals surface area contributed by atoms with E-state index < -0.39 is 0 Å². The van der Waals surface area contributed by atoms with Crippen molar-refractivity contribution >= 4 is 22.9 Å². The van der Waals surface area contributed by atoms with Crippen LogP contribution in [0.3, 0.4) is 0 Å². The van der Waals surface area contributed by atoms with E-state index in [4.69, 9.17) is 9.47 Å². The molecule has 5 heteroatoms. The molecule has 2 aromatic carbocycles. The van der Waals surface area contributed by atoms with Gasteiger partial charge < -0.3 is 14.8 Å². The maximum Gasteiger partial charge on any atom is 0.225 e. The van der Waals surface area contributed by atoms with E-state index in [1.54, 1.807) is 18.4 Å². The number of hydrogen-bond acceptors (Lipinski definition) is 4. The summed E-state index contributed by atoms with van der Waals surface area (Å²) in [7, 11) is 1.66. The number of ether oxygens (including phenoxy) is 2. The molecular weight excluding hydrogens is 382 g/mol. The second-order valence-electron chi connectivity index (χ2n) is 7.16. The Morgan fingerprint density at radius 2 is 1.93 bits per heavy atom. The van der Waals surface area contributed by atoms with Gasteiger partial charge in [-0.25, -0.2) is 0 Å². The molecule has 0 aliphatic carbocycles. The van der Waals surface area contributed by atoms with Crippen molar-refractivity contribution in [2.45, 2.75) is 32.1 Å². The molecule has 0 radical (unpaired) electrons. The van der Waals surface area contributed by atoms with Crippen LogP contribution in [-0.2, 0) is 4.79 Å². The van der Waals surface area contributed by atoms with Crippen molar-refractivity contribution < 1.29 is 14.3 Å². The largest absolute Gasteiger partial charge is 0.497 e. The summed E-state index contributed by atoms with van der Waals surface area (Å²) < 4.78 is 11.3. The van der Waals surface area contributed by atoms with Crippen LogP contribution >= 0.6 is 11.3 Å². The molecule has 1 atom stereocenters. The Kier molecular flexibility index (Phi) is 5.86. The van der Waals surface area contributed by atoms with Crippen LogP contribution in [0.1, 0.15) is 42.5 Å². The fourth-order valence-electron chi connectivity index (χ4n) is 3.69. The lowest BCUT2D eigenvalue weighted by Gasteiger charge is -2.25. The summed E-state index contributed by atoms with van der Waals surface area (Å²) in [6.07, 6.45) is 2.55. The highest BCUT2D eigenvalue weighted by Gasteiger charge is 2.32. The number of methoxy groups -OCH3 is 1. The third-order valence-electron chi connectivity index (χ3n) is 5.24. The molecule has 3 aromatic rings. The van der Waals surface area contributed by atoms with Gasteiger partial charge in [-0.05, 0) is 30.2 Å². The number of benzene rings is 2. The molecule has 1 amide bonds. The summed E-state index contributed by atoms with van der Waals surface area (Å²) in [4.78, 5) is 13.8. The summed E-state index contributed by atoms with van der Waals surface area (Å²) in [6.45, 7) is 2.85. The Bertz CT molecular complexity index is 994.